The standard InChI is InChI=1S/C11H13NO/c1-2-8-12-11(13)9-10-6-4-3-5-7-10/h2-8H,9H2,1H3,(H,12,13). The highest BCUT2D eigenvalue weighted by Crippen LogP contribution is 1.98. The summed E-state index contributed by atoms with van der Waals surface area (Å²) in [6.07, 6.45) is 3.87. The van der Waals surface area contributed by atoms with Gasteiger partial charge in [0.1, 0.15) is 0 Å². The van der Waals surface area contributed by atoms with Gasteiger partial charge in [0.25, 0.3) is 0 Å². The van der Waals surface area contributed by atoms with Gasteiger partial charge in [0.15, 0.2) is 0 Å². The van der Waals surface area contributed by atoms with Gasteiger partial charge >= 0.3 is 0 Å². The van der Waals surface area contributed by atoms with Crippen molar-refractivity contribution in [3.63, 3.8) is 0 Å². The van der Waals surface area contributed by atoms with Crippen LogP contribution < -0.4 is 5.32 Å². The maximum absolute atomic E-state index is 11.2. The van der Waals surface area contributed by atoms with Crippen molar-refractivity contribution >= 4 is 5.91 Å². The molecule has 0 saturated carbocycles. The Balaban J connectivity index is 2.46. The SMILES string of the molecule is CC=CNC(=O)Cc1ccccc1. The molecule has 2 nitrogen and oxygen atoms in total. The molecule has 1 aromatic rings. The number of amides is 1. The van der Waals surface area contributed by atoms with Gasteiger partial charge in [0.2, 0.25) is 5.91 Å². The second-order valence-corrected chi connectivity index (χ2v) is 2.73. The van der Waals surface area contributed by atoms with E-state index in [0.29, 0.717) is 6.42 Å². The molecule has 0 aliphatic rings. The lowest BCUT2D eigenvalue weighted by Crippen LogP contribution is -2.18. The van der Waals surface area contributed by atoms with Crippen molar-refractivity contribution in [2.24, 2.45) is 0 Å². The monoisotopic (exact) mass is 175 g/mol. The Labute approximate surface area is 78.3 Å². The van der Waals surface area contributed by atoms with Gasteiger partial charge in [-0.2, -0.15) is 0 Å². The largest absolute Gasteiger partial charge is 0.333 e. The van der Waals surface area contributed by atoms with Crippen LogP contribution in [0.2, 0.25) is 0 Å². The molecule has 1 N–H and O–H groups in total. The molecule has 68 valence electrons. The second-order valence-electron chi connectivity index (χ2n) is 2.73. The zero-order valence-electron chi connectivity index (χ0n) is 7.66. The van der Waals surface area contributed by atoms with E-state index in [0.717, 1.165) is 5.56 Å². The van der Waals surface area contributed by atoms with Crippen molar-refractivity contribution in [1.82, 2.24) is 5.32 Å². The number of carbonyl (C=O) groups is 1. The van der Waals surface area contributed by atoms with Crippen molar-refractivity contribution in [3.8, 4) is 0 Å². The summed E-state index contributed by atoms with van der Waals surface area (Å²) >= 11 is 0. The van der Waals surface area contributed by atoms with E-state index in [1.165, 1.54) is 0 Å². The first-order valence-corrected chi connectivity index (χ1v) is 4.27. The van der Waals surface area contributed by atoms with Crippen LogP contribution in [0.15, 0.2) is 42.6 Å². The summed E-state index contributed by atoms with van der Waals surface area (Å²) in [6.45, 7) is 1.86. The lowest BCUT2D eigenvalue weighted by molar-refractivity contribution is -0.119. The molecule has 0 radical (unpaired) electrons. The molecular weight excluding hydrogens is 162 g/mol. The first-order valence-electron chi connectivity index (χ1n) is 4.27. The summed E-state index contributed by atoms with van der Waals surface area (Å²) in [7, 11) is 0. The van der Waals surface area contributed by atoms with Crippen LogP contribution in [-0.2, 0) is 11.2 Å². The fraction of sp³-hybridized carbons (Fsp3) is 0.182. The average Bonchev–Trinajstić information content (AvgIpc) is 2.16. The van der Waals surface area contributed by atoms with E-state index in [2.05, 4.69) is 5.32 Å². The molecule has 0 aliphatic heterocycles. The summed E-state index contributed by atoms with van der Waals surface area (Å²) in [4.78, 5) is 11.2. The topological polar surface area (TPSA) is 29.1 Å². The fourth-order valence-electron chi connectivity index (χ4n) is 1.01. The first kappa shape index (κ1) is 9.52. The number of nitrogens with one attached hydrogen (secondary N) is 1. The quantitative estimate of drug-likeness (QED) is 0.746. The lowest BCUT2D eigenvalue weighted by Gasteiger charge is -1.99. The third-order valence-corrected chi connectivity index (χ3v) is 1.62. The third-order valence-electron chi connectivity index (χ3n) is 1.62. The molecule has 0 aliphatic carbocycles. The predicted molar refractivity (Wildman–Crippen MR) is 53.1 cm³/mol. The minimum atomic E-state index is 0.0179. The Morgan fingerprint density at radius 3 is 2.69 bits per heavy atom. The molecule has 0 unspecified atom stereocenters. The van der Waals surface area contributed by atoms with Crippen LogP contribution in [0.4, 0.5) is 0 Å². The van der Waals surface area contributed by atoms with Gasteiger partial charge < -0.3 is 5.32 Å². The average molecular weight is 175 g/mol. The minimum Gasteiger partial charge on any atom is -0.333 e. The van der Waals surface area contributed by atoms with Gasteiger partial charge in [0, 0.05) is 0 Å². The molecule has 13 heavy (non-hydrogen) atoms. The van der Waals surface area contributed by atoms with Crippen molar-refractivity contribution in [1.29, 1.82) is 0 Å². The summed E-state index contributed by atoms with van der Waals surface area (Å²) in [6, 6.07) is 9.67. The first-order chi connectivity index (χ1) is 6.33. The number of hydrogen-bond acceptors (Lipinski definition) is 1. The van der Waals surface area contributed by atoms with Crippen molar-refractivity contribution in [2.75, 3.05) is 0 Å². The molecule has 1 amide bonds. The molecular formula is C11H13NO. The summed E-state index contributed by atoms with van der Waals surface area (Å²) in [5.41, 5.74) is 1.03. The van der Waals surface area contributed by atoms with E-state index in [1.807, 2.05) is 37.3 Å². The molecule has 1 rings (SSSR count). The van der Waals surface area contributed by atoms with E-state index < -0.39 is 0 Å². The lowest BCUT2D eigenvalue weighted by atomic mass is 10.1. The molecule has 0 fully saturated rings. The summed E-state index contributed by atoms with van der Waals surface area (Å²) < 4.78 is 0. The maximum atomic E-state index is 11.2. The fourth-order valence-corrected chi connectivity index (χ4v) is 1.01. The molecule has 2 heteroatoms. The van der Waals surface area contributed by atoms with Gasteiger partial charge in [-0.15, -0.1) is 0 Å². The van der Waals surface area contributed by atoms with Gasteiger partial charge in [-0.05, 0) is 18.7 Å². The Hall–Kier alpha value is -1.57. The molecule has 0 bridgehead atoms. The van der Waals surface area contributed by atoms with Gasteiger partial charge in [-0.25, -0.2) is 0 Å². The number of carbonyl (C=O) groups excluding carboxylic acids is 1. The zero-order valence-corrected chi connectivity index (χ0v) is 7.66. The Morgan fingerprint density at radius 1 is 1.38 bits per heavy atom. The van der Waals surface area contributed by atoms with Crippen LogP contribution in [-0.4, -0.2) is 5.91 Å². The normalized spacial score (nSPS) is 10.2. The van der Waals surface area contributed by atoms with Crippen molar-refractivity contribution < 1.29 is 4.79 Å². The van der Waals surface area contributed by atoms with E-state index >= 15 is 0 Å². The van der Waals surface area contributed by atoms with Crippen LogP contribution in [0, 0.1) is 0 Å². The van der Waals surface area contributed by atoms with Gasteiger partial charge in [-0.1, -0.05) is 36.4 Å². The molecule has 1 aromatic carbocycles. The Kier molecular flexibility index (Phi) is 3.76. The maximum Gasteiger partial charge on any atom is 0.228 e. The Morgan fingerprint density at radius 2 is 2.08 bits per heavy atom. The molecule has 0 heterocycles. The van der Waals surface area contributed by atoms with Crippen LogP contribution in [0.25, 0.3) is 0 Å². The zero-order chi connectivity index (χ0) is 9.52. The van der Waals surface area contributed by atoms with Gasteiger partial charge in [0.05, 0.1) is 6.42 Å². The van der Waals surface area contributed by atoms with E-state index in [1.54, 1.807) is 12.3 Å². The summed E-state index contributed by atoms with van der Waals surface area (Å²) in [5, 5.41) is 2.66. The highest BCUT2D eigenvalue weighted by Gasteiger charge is 1.98. The minimum absolute atomic E-state index is 0.0179. The van der Waals surface area contributed by atoms with Crippen LogP contribution in [0.1, 0.15) is 12.5 Å². The van der Waals surface area contributed by atoms with Gasteiger partial charge in [-0.3, -0.25) is 4.79 Å². The highest BCUT2D eigenvalue weighted by molar-refractivity contribution is 5.79. The van der Waals surface area contributed by atoms with Crippen molar-refractivity contribution in [2.45, 2.75) is 13.3 Å². The molecule has 0 aromatic heterocycles. The second kappa shape index (κ2) is 5.14. The number of rotatable bonds is 3. The van der Waals surface area contributed by atoms with E-state index in [9.17, 15) is 4.79 Å². The smallest absolute Gasteiger partial charge is 0.228 e. The highest BCUT2D eigenvalue weighted by atomic mass is 16.1. The van der Waals surface area contributed by atoms with Crippen molar-refractivity contribution in [3.05, 3.63) is 48.2 Å². The van der Waals surface area contributed by atoms with E-state index in [4.69, 9.17) is 0 Å². The molecule has 0 spiro atoms. The van der Waals surface area contributed by atoms with Crippen LogP contribution in [0.5, 0.6) is 0 Å². The summed E-state index contributed by atoms with van der Waals surface area (Å²) in [5.74, 6) is 0.0179. The van der Waals surface area contributed by atoms with Crippen LogP contribution in [0.3, 0.4) is 0 Å². The Bertz CT molecular complexity index is 290. The predicted octanol–water partition coefficient (Wildman–Crippen LogP) is 1.88. The van der Waals surface area contributed by atoms with E-state index in [-0.39, 0.29) is 5.91 Å². The third kappa shape index (κ3) is 3.56. The molecule has 0 atom stereocenters. The number of benzene rings is 1. The molecule has 0 saturated heterocycles. The number of allylic oxidation sites excluding steroid dienone is 1. The number of hydrogen-bond donors (Lipinski definition) is 1. The van der Waals surface area contributed by atoms with Crippen LogP contribution >= 0.6 is 0 Å².